The Labute approximate surface area is 123 Å². The lowest BCUT2D eigenvalue weighted by molar-refractivity contribution is -0.0767. The molecule has 0 N–H and O–H groups in total. The van der Waals surface area contributed by atoms with Crippen molar-refractivity contribution in [3.8, 4) is 11.5 Å². The number of halogens is 1. The van der Waals surface area contributed by atoms with Crippen LogP contribution in [-0.2, 0) is 4.74 Å². The topological polar surface area (TPSA) is 27.7 Å². The summed E-state index contributed by atoms with van der Waals surface area (Å²) in [6.45, 7) is 4.93. The smallest absolute Gasteiger partial charge is 0.161 e. The molecule has 0 radical (unpaired) electrons. The summed E-state index contributed by atoms with van der Waals surface area (Å²) in [5.41, 5.74) is 1.16. The molecule has 0 aliphatic heterocycles. The Morgan fingerprint density at radius 2 is 2.11 bits per heavy atom. The second kappa shape index (κ2) is 6.62. The molecule has 0 amide bonds. The van der Waals surface area contributed by atoms with Gasteiger partial charge in [0.1, 0.15) is 12.2 Å². The third kappa shape index (κ3) is 3.42. The molecule has 1 aromatic carbocycles. The van der Waals surface area contributed by atoms with Gasteiger partial charge >= 0.3 is 0 Å². The van der Waals surface area contributed by atoms with Gasteiger partial charge in [-0.15, -0.1) is 0 Å². The van der Waals surface area contributed by atoms with Crippen molar-refractivity contribution in [2.24, 2.45) is 0 Å². The summed E-state index contributed by atoms with van der Waals surface area (Å²) in [4.78, 5) is 0.389. The zero-order chi connectivity index (χ0) is 13.8. The van der Waals surface area contributed by atoms with Crippen molar-refractivity contribution >= 4 is 15.9 Å². The van der Waals surface area contributed by atoms with Crippen molar-refractivity contribution in [3.05, 3.63) is 23.8 Å². The van der Waals surface area contributed by atoms with Crippen LogP contribution < -0.4 is 9.47 Å². The summed E-state index contributed by atoms with van der Waals surface area (Å²) >= 11 is 3.62. The van der Waals surface area contributed by atoms with Crippen molar-refractivity contribution in [3.63, 3.8) is 0 Å². The maximum Gasteiger partial charge on any atom is 0.161 e. The predicted molar refractivity (Wildman–Crippen MR) is 79.5 cm³/mol. The van der Waals surface area contributed by atoms with Gasteiger partial charge in [0.15, 0.2) is 11.5 Å². The van der Waals surface area contributed by atoms with Crippen molar-refractivity contribution in [1.29, 1.82) is 0 Å². The third-order valence-corrected chi connectivity index (χ3v) is 4.19. The number of methoxy groups -OCH3 is 1. The van der Waals surface area contributed by atoms with E-state index in [-0.39, 0.29) is 12.2 Å². The highest BCUT2D eigenvalue weighted by atomic mass is 79.9. The van der Waals surface area contributed by atoms with Gasteiger partial charge in [-0.05, 0) is 31.0 Å². The molecule has 1 aliphatic carbocycles. The maximum absolute atomic E-state index is 6.03. The minimum atomic E-state index is 0.104. The van der Waals surface area contributed by atoms with Gasteiger partial charge in [-0.3, -0.25) is 0 Å². The lowest BCUT2D eigenvalue weighted by atomic mass is 9.91. The van der Waals surface area contributed by atoms with E-state index in [1.54, 1.807) is 7.11 Å². The highest BCUT2D eigenvalue weighted by Crippen LogP contribution is 2.37. The van der Waals surface area contributed by atoms with E-state index in [0.29, 0.717) is 4.83 Å². The molecule has 106 valence electrons. The SMILES string of the molecule is CCCOC1C(Br)CC1Oc1ccc(C)cc1OC. The first-order chi connectivity index (χ1) is 9.15. The predicted octanol–water partition coefficient (Wildman–Crippen LogP) is 3.71. The first kappa shape index (κ1) is 14.7. The van der Waals surface area contributed by atoms with Crippen LogP contribution in [0.1, 0.15) is 25.3 Å². The summed E-state index contributed by atoms with van der Waals surface area (Å²) in [6, 6.07) is 5.98. The van der Waals surface area contributed by atoms with Crippen LogP contribution in [0.25, 0.3) is 0 Å². The molecule has 1 aromatic rings. The van der Waals surface area contributed by atoms with Gasteiger partial charge in [0.05, 0.1) is 7.11 Å². The number of hydrogen-bond donors (Lipinski definition) is 0. The molecule has 19 heavy (non-hydrogen) atoms. The van der Waals surface area contributed by atoms with Crippen LogP contribution in [0.3, 0.4) is 0 Å². The highest BCUT2D eigenvalue weighted by molar-refractivity contribution is 9.09. The number of alkyl halides is 1. The van der Waals surface area contributed by atoms with Crippen LogP contribution in [-0.4, -0.2) is 30.8 Å². The fourth-order valence-corrected chi connectivity index (χ4v) is 3.00. The zero-order valence-electron chi connectivity index (χ0n) is 11.7. The van der Waals surface area contributed by atoms with Gasteiger partial charge in [0.25, 0.3) is 0 Å². The van der Waals surface area contributed by atoms with E-state index in [9.17, 15) is 0 Å². The van der Waals surface area contributed by atoms with Gasteiger partial charge < -0.3 is 14.2 Å². The average molecular weight is 329 g/mol. The summed E-state index contributed by atoms with van der Waals surface area (Å²) in [6.07, 6.45) is 2.22. The van der Waals surface area contributed by atoms with Gasteiger partial charge in [0, 0.05) is 17.9 Å². The Kier molecular flexibility index (Phi) is 5.11. The minimum Gasteiger partial charge on any atom is -0.493 e. The van der Waals surface area contributed by atoms with E-state index < -0.39 is 0 Å². The normalized spacial score (nSPS) is 25.8. The number of ether oxygens (including phenoxy) is 3. The molecule has 3 unspecified atom stereocenters. The van der Waals surface area contributed by atoms with Crippen LogP contribution >= 0.6 is 15.9 Å². The summed E-state index contributed by atoms with van der Waals surface area (Å²) < 4.78 is 17.2. The fraction of sp³-hybridized carbons (Fsp3) is 0.600. The third-order valence-electron chi connectivity index (χ3n) is 3.29. The second-order valence-electron chi connectivity index (χ2n) is 4.90. The van der Waals surface area contributed by atoms with Crippen molar-refractivity contribution in [1.82, 2.24) is 0 Å². The number of hydrogen-bond acceptors (Lipinski definition) is 3. The molecule has 0 spiro atoms. The lowest BCUT2D eigenvalue weighted by Crippen LogP contribution is -2.52. The largest absolute Gasteiger partial charge is 0.493 e. The molecule has 3 atom stereocenters. The molecule has 1 saturated carbocycles. The summed E-state index contributed by atoms with van der Waals surface area (Å²) in [5.74, 6) is 1.58. The molecule has 2 rings (SSSR count). The molecule has 3 nitrogen and oxygen atoms in total. The molecule has 1 fully saturated rings. The first-order valence-corrected chi connectivity index (χ1v) is 7.64. The summed E-state index contributed by atoms with van der Waals surface area (Å²) in [5, 5.41) is 0. The Balaban J connectivity index is 2.01. The van der Waals surface area contributed by atoms with E-state index in [2.05, 4.69) is 22.9 Å². The molecule has 1 aliphatic rings. The Bertz CT molecular complexity index is 422. The van der Waals surface area contributed by atoms with E-state index in [0.717, 1.165) is 36.5 Å². The maximum atomic E-state index is 6.03. The van der Waals surface area contributed by atoms with Gasteiger partial charge in [-0.1, -0.05) is 28.9 Å². The molecular weight excluding hydrogens is 308 g/mol. The lowest BCUT2D eigenvalue weighted by Gasteiger charge is -2.41. The van der Waals surface area contributed by atoms with E-state index in [1.165, 1.54) is 0 Å². The van der Waals surface area contributed by atoms with E-state index in [1.807, 2.05) is 25.1 Å². The van der Waals surface area contributed by atoms with Crippen molar-refractivity contribution in [2.45, 2.75) is 43.7 Å². The molecule has 0 saturated heterocycles. The molecule has 0 heterocycles. The van der Waals surface area contributed by atoms with Gasteiger partial charge in [-0.2, -0.15) is 0 Å². The molecule has 4 heteroatoms. The number of rotatable bonds is 6. The van der Waals surface area contributed by atoms with Crippen molar-refractivity contribution in [2.75, 3.05) is 13.7 Å². The second-order valence-corrected chi connectivity index (χ2v) is 6.07. The van der Waals surface area contributed by atoms with Crippen LogP contribution in [0.5, 0.6) is 11.5 Å². The number of aryl methyl sites for hydroxylation is 1. The molecule has 0 aromatic heterocycles. The van der Waals surface area contributed by atoms with Crippen LogP contribution in [0, 0.1) is 6.92 Å². The van der Waals surface area contributed by atoms with Crippen molar-refractivity contribution < 1.29 is 14.2 Å². The monoisotopic (exact) mass is 328 g/mol. The molecule has 0 bridgehead atoms. The summed E-state index contributed by atoms with van der Waals surface area (Å²) in [7, 11) is 1.67. The fourth-order valence-electron chi connectivity index (χ4n) is 2.14. The highest BCUT2D eigenvalue weighted by Gasteiger charge is 2.42. The standard InChI is InChI=1S/C15H21BrO3/c1-4-7-18-15-11(16)9-14(15)19-12-6-5-10(2)8-13(12)17-3/h5-6,8,11,14-15H,4,7,9H2,1-3H3. The van der Waals surface area contributed by atoms with Gasteiger partial charge in [-0.25, -0.2) is 0 Å². The molecular formula is C15H21BrO3. The average Bonchev–Trinajstić information content (AvgIpc) is 2.40. The Hall–Kier alpha value is -0.740. The Morgan fingerprint density at radius 3 is 2.74 bits per heavy atom. The quantitative estimate of drug-likeness (QED) is 0.745. The van der Waals surface area contributed by atoms with Crippen LogP contribution in [0.4, 0.5) is 0 Å². The number of benzene rings is 1. The minimum absolute atomic E-state index is 0.104. The van der Waals surface area contributed by atoms with Gasteiger partial charge in [0.2, 0.25) is 0 Å². The van der Waals surface area contributed by atoms with E-state index >= 15 is 0 Å². The first-order valence-electron chi connectivity index (χ1n) is 6.72. The van der Waals surface area contributed by atoms with Crippen LogP contribution in [0.2, 0.25) is 0 Å². The van der Waals surface area contributed by atoms with E-state index in [4.69, 9.17) is 14.2 Å². The Morgan fingerprint density at radius 1 is 1.32 bits per heavy atom. The zero-order valence-corrected chi connectivity index (χ0v) is 13.3. The van der Waals surface area contributed by atoms with Crippen LogP contribution in [0.15, 0.2) is 18.2 Å².